The molecule has 0 amide bonds. The van der Waals surface area contributed by atoms with Crippen molar-refractivity contribution >= 4 is 0 Å². The first-order valence-electron chi connectivity index (χ1n) is 5.01. The summed E-state index contributed by atoms with van der Waals surface area (Å²) in [6.45, 7) is 10.6. The van der Waals surface area contributed by atoms with Crippen LogP contribution in [0.2, 0.25) is 0 Å². The van der Waals surface area contributed by atoms with Gasteiger partial charge in [-0.2, -0.15) is 0 Å². The molecule has 1 aliphatic rings. The van der Waals surface area contributed by atoms with E-state index in [-0.39, 0.29) is 12.2 Å². The molecule has 1 rings (SSSR count). The van der Waals surface area contributed by atoms with Crippen molar-refractivity contribution in [3.63, 3.8) is 0 Å². The number of rotatable bonds is 2. The highest BCUT2D eigenvalue weighted by atomic mass is 16.6. The number of hydrogen-bond donors (Lipinski definition) is 0. The Balaban J connectivity index is 2.72. The lowest BCUT2D eigenvalue weighted by Gasteiger charge is -2.36. The highest BCUT2D eigenvalue weighted by Crippen LogP contribution is 2.26. The predicted molar refractivity (Wildman–Crippen MR) is 53.2 cm³/mol. The molecule has 2 nitrogen and oxygen atoms in total. The maximum absolute atomic E-state index is 5.76. The van der Waals surface area contributed by atoms with Crippen molar-refractivity contribution in [2.45, 2.75) is 46.8 Å². The van der Waals surface area contributed by atoms with Gasteiger partial charge in [0.15, 0.2) is 0 Å². The minimum absolute atomic E-state index is 0.198. The molecular formula is C11H20O2. The zero-order chi connectivity index (χ0) is 10.0. The van der Waals surface area contributed by atoms with Crippen molar-refractivity contribution in [3.8, 4) is 0 Å². The monoisotopic (exact) mass is 184 g/mol. The molecule has 2 heteroatoms. The van der Waals surface area contributed by atoms with Crippen LogP contribution >= 0.6 is 0 Å². The Kier molecular flexibility index (Phi) is 3.23. The lowest BCUT2D eigenvalue weighted by atomic mass is 9.93. The standard InChI is InChI=1S/C11H20O2/c1-7(2)10-11(8(3)4)13-9(5)6-12-10/h6-8,10-11H,1-5H3. The topological polar surface area (TPSA) is 18.5 Å². The molecule has 0 fully saturated rings. The lowest BCUT2D eigenvalue weighted by Crippen LogP contribution is -2.40. The maximum atomic E-state index is 5.76. The van der Waals surface area contributed by atoms with E-state index in [9.17, 15) is 0 Å². The smallest absolute Gasteiger partial charge is 0.138 e. The van der Waals surface area contributed by atoms with Gasteiger partial charge in [-0.3, -0.25) is 0 Å². The molecule has 76 valence electrons. The first-order valence-corrected chi connectivity index (χ1v) is 5.01. The van der Waals surface area contributed by atoms with E-state index in [2.05, 4.69) is 27.7 Å². The molecule has 1 heterocycles. The summed E-state index contributed by atoms with van der Waals surface area (Å²) in [6.07, 6.45) is 2.12. The van der Waals surface area contributed by atoms with Gasteiger partial charge in [0.25, 0.3) is 0 Å². The fourth-order valence-corrected chi connectivity index (χ4v) is 1.61. The van der Waals surface area contributed by atoms with Crippen LogP contribution in [-0.2, 0) is 9.47 Å². The molecule has 0 N–H and O–H groups in total. The van der Waals surface area contributed by atoms with E-state index in [0.717, 1.165) is 5.76 Å². The van der Waals surface area contributed by atoms with Crippen molar-refractivity contribution in [2.24, 2.45) is 11.8 Å². The van der Waals surface area contributed by atoms with Crippen LogP contribution in [-0.4, -0.2) is 12.2 Å². The van der Waals surface area contributed by atoms with Crippen LogP contribution < -0.4 is 0 Å². The Morgan fingerprint density at radius 1 is 1.08 bits per heavy atom. The summed E-state index contributed by atoms with van der Waals surface area (Å²) >= 11 is 0. The summed E-state index contributed by atoms with van der Waals surface area (Å²) in [5, 5.41) is 0. The molecule has 2 atom stereocenters. The number of hydrogen-bond acceptors (Lipinski definition) is 2. The largest absolute Gasteiger partial charge is 0.490 e. The van der Waals surface area contributed by atoms with Crippen molar-refractivity contribution in [3.05, 3.63) is 12.0 Å². The second kappa shape index (κ2) is 4.03. The molecular weight excluding hydrogens is 164 g/mol. The van der Waals surface area contributed by atoms with E-state index in [1.807, 2.05) is 6.92 Å². The predicted octanol–water partition coefficient (Wildman–Crippen LogP) is 2.94. The zero-order valence-electron chi connectivity index (χ0n) is 9.20. The molecule has 0 spiro atoms. The van der Waals surface area contributed by atoms with Gasteiger partial charge in [-0.1, -0.05) is 27.7 Å². The molecule has 0 aromatic rings. The molecule has 0 aromatic carbocycles. The van der Waals surface area contributed by atoms with Gasteiger partial charge < -0.3 is 9.47 Å². The van der Waals surface area contributed by atoms with Gasteiger partial charge in [0, 0.05) is 0 Å². The third kappa shape index (κ3) is 2.39. The maximum Gasteiger partial charge on any atom is 0.138 e. The lowest BCUT2D eigenvalue weighted by molar-refractivity contribution is -0.0873. The van der Waals surface area contributed by atoms with Crippen LogP contribution in [0.3, 0.4) is 0 Å². The Labute approximate surface area is 80.9 Å². The highest BCUT2D eigenvalue weighted by Gasteiger charge is 2.32. The van der Waals surface area contributed by atoms with E-state index in [0.29, 0.717) is 11.8 Å². The van der Waals surface area contributed by atoms with Crippen LogP contribution in [0.15, 0.2) is 12.0 Å². The Hall–Kier alpha value is -0.660. The molecule has 0 bridgehead atoms. The van der Waals surface area contributed by atoms with Gasteiger partial charge in [-0.05, 0) is 18.8 Å². The van der Waals surface area contributed by atoms with Gasteiger partial charge in [-0.25, -0.2) is 0 Å². The normalized spacial score (nSPS) is 28.4. The Bertz CT molecular complexity index is 194. The minimum Gasteiger partial charge on any atom is -0.490 e. The molecule has 0 saturated carbocycles. The Morgan fingerprint density at radius 3 is 2.08 bits per heavy atom. The Morgan fingerprint density at radius 2 is 1.62 bits per heavy atom. The van der Waals surface area contributed by atoms with Crippen molar-refractivity contribution < 1.29 is 9.47 Å². The highest BCUT2D eigenvalue weighted by molar-refractivity contribution is 4.93. The van der Waals surface area contributed by atoms with Gasteiger partial charge in [0.2, 0.25) is 0 Å². The van der Waals surface area contributed by atoms with Crippen molar-refractivity contribution in [1.29, 1.82) is 0 Å². The van der Waals surface area contributed by atoms with Crippen LogP contribution in [0.4, 0.5) is 0 Å². The summed E-state index contributed by atoms with van der Waals surface area (Å²) in [5.74, 6) is 1.88. The summed E-state index contributed by atoms with van der Waals surface area (Å²) in [6, 6.07) is 0. The van der Waals surface area contributed by atoms with E-state index < -0.39 is 0 Å². The second-order valence-electron chi connectivity index (χ2n) is 4.40. The van der Waals surface area contributed by atoms with Gasteiger partial charge >= 0.3 is 0 Å². The van der Waals surface area contributed by atoms with Crippen LogP contribution in [0, 0.1) is 11.8 Å². The summed E-state index contributed by atoms with van der Waals surface area (Å²) in [5.41, 5.74) is 0. The van der Waals surface area contributed by atoms with Crippen LogP contribution in [0.5, 0.6) is 0 Å². The van der Waals surface area contributed by atoms with Gasteiger partial charge in [0.05, 0.1) is 0 Å². The molecule has 0 saturated heterocycles. The average Bonchev–Trinajstić information content (AvgIpc) is 2.03. The number of allylic oxidation sites excluding steroid dienone is 1. The van der Waals surface area contributed by atoms with E-state index in [1.54, 1.807) is 6.26 Å². The first kappa shape index (κ1) is 10.4. The van der Waals surface area contributed by atoms with Gasteiger partial charge in [0.1, 0.15) is 24.2 Å². The minimum atomic E-state index is 0.198. The summed E-state index contributed by atoms with van der Waals surface area (Å²) in [7, 11) is 0. The second-order valence-corrected chi connectivity index (χ2v) is 4.40. The summed E-state index contributed by atoms with van der Waals surface area (Å²) < 4.78 is 11.4. The van der Waals surface area contributed by atoms with Crippen LogP contribution in [0.1, 0.15) is 34.6 Å². The van der Waals surface area contributed by atoms with Crippen molar-refractivity contribution in [1.82, 2.24) is 0 Å². The molecule has 0 radical (unpaired) electrons. The van der Waals surface area contributed by atoms with Crippen molar-refractivity contribution in [2.75, 3.05) is 0 Å². The van der Waals surface area contributed by atoms with Crippen LogP contribution in [0.25, 0.3) is 0 Å². The quantitative estimate of drug-likeness (QED) is 0.657. The zero-order valence-corrected chi connectivity index (χ0v) is 9.20. The molecule has 0 aliphatic carbocycles. The number of ether oxygens (including phenoxy) is 2. The van der Waals surface area contributed by atoms with E-state index in [1.165, 1.54) is 0 Å². The first-order chi connectivity index (χ1) is 6.02. The third-order valence-corrected chi connectivity index (χ3v) is 2.35. The summed E-state index contributed by atoms with van der Waals surface area (Å²) in [4.78, 5) is 0. The molecule has 13 heavy (non-hydrogen) atoms. The average molecular weight is 184 g/mol. The van der Waals surface area contributed by atoms with E-state index >= 15 is 0 Å². The fraction of sp³-hybridized carbons (Fsp3) is 0.818. The molecule has 0 aromatic heterocycles. The molecule has 2 unspecified atom stereocenters. The SMILES string of the molecule is CC1=COC(C(C)C)C(C(C)C)O1. The molecule has 1 aliphatic heterocycles. The van der Waals surface area contributed by atoms with Gasteiger partial charge in [-0.15, -0.1) is 0 Å². The van der Waals surface area contributed by atoms with E-state index in [4.69, 9.17) is 9.47 Å². The fourth-order valence-electron chi connectivity index (χ4n) is 1.61. The third-order valence-electron chi connectivity index (χ3n) is 2.35.